The zero-order valence-electron chi connectivity index (χ0n) is 8.68. The van der Waals surface area contributed by atoms with Crippen LogP contribution in [0.2, 0.25) is 0 Å². The standard InChI is InChI=1S/C12H13NO3/c14-9-6-3-7-10(15)11(9)12(16)13-8-4-1-2-5-8/h1-3,6-8,14-15H,4-5H2,(H,13,16). The zero-order valence-corrected chi connectivity index (χ0v) is 8.68. The molecule has 0 fully saturated rings. The molecule has 1 aliphatic rings. The van der Waals surface area contributed by atoms with Crippen molar-refractivity contribution in [1.29, 1.82) is 0 Å². The van der Waals surface area contributed by atoms with E-state index in [9.17, 15) is 15.0 Å². The second-order valence-corrected chi connectivity index (χ2v) is 3.78. The van der Waals surface area contributed by atoms with E-state index in [4.69, 9.17) is 0 Å². The molecule has 0 radical (unpaired) electrons. The average Bonchev–Trinajstić information content (AvgIpc) is 2.70. The monoisotopic (exact) mass is 219 g/mol. The van der Waals surface area contributed by atoms with Crippen molar-refractivity contribution in [2.45, 2.75) is 18.9 Å². The van der Waals surface area contributed by atoms with E-state index < -0.39 is 5.91 Å². The molecule has 0 saturated heterocycles. The average molecular weight is 219 g/mol. The van der Waals surface area contributed by atoms with E-state index in [2.05, 4.69) is 5.32 Å². The van der Waals surface area contributed by atoms with Gasteiger partial charge in [-0.2, -0.15) is 0 Å². The van der Waals surface area contributed by atoms with Crippen molar-refractivity contribution in [3.8, 4) is 11.5 Å². The highest BCUT2D eigenvalue weighted by atomic mass is 16.3. The highest BCUT2D eigenvalue weighted by molar-refractivity contribution is 5.99. The molecule has 0 bridgehead atoms. The van der Waals surface area contributed by atoms with Crippen molar-refractivity contribution in [3.63, 3.8) is 0 Å². The van der Waals surface area contributed by atoms with Gasteiger partial charge in [0, 0.05) is 6.04 Å². The van der Waals surface area contributed by atoms with E-state index >= 15 is 0 Å². The van der Waals surface area contributed by atoms with Crippen LogP contribution in [-0.4, -0.2) is 22.2 Å². The van der Waals surface area contributed by atoms with E-state index in [0.29, 0.717) is 0 Å². The van der Waals surface area contributed by atoms with Crippen LogP contribution in [0.15, 0.2) is 30.4 Å². The molecule has 0 aliphatic heterocycles. The Morgan fingerprint density at radius 2 is 1.75 bits per heavy atom. The first-order valence-corrected chi connectivity index (χ1v) is 5.15. The van der Waals surface area contributed by atoms with Gasteiger partial charge in [-0.3, -0.25) is 4.79 Å². The minimum atomic E-state index is -0.440. The van der Waals surface area contributed by atoms with Crippen LogP contribution in [0.25, 0.3) is 0 Å². The molecule has 2 rings (SSSR count). The van der Waals surface area contributed by atoms with Gasteiger partial charge in [-0.1, -0.05) is 18.2 Å². The lowest BCUT2D eigenvalue weighted by molar-refractivity contribution is 0.0933. The van der Waals surface area contributed by atoms with Crippen molar-refractivity contribution in [2.24, 2.45) is 0 Å². The number of benzene rings is 1. The number of phenols is 2. The van der Waals surface area contributed by atoms with Crippen LogP contribution in [0.4, 0.5) is 0 Å². The van der Waals surface area contributed by atoms with Crippen LogP contribution < -0.4 is 5.32 Å². The Bertz CT molecular complexity index is 412. The van der Waals surface area contributed by atoms with Gasteiger partial charge in [-0.05, 0) is 25.0 Å². The van der Waals surface area contributed by atoms with Crippen LogP contribution in [0.3, 0.4) is 0 Å². The Balaban J connectivity index is 2.14. The summed E-state index contributed by atoms with van der Waals surface area (Å²) in [6, 6.07) is 4.30. The van der Waals surface area contributed by atoms with Gasteiger partial charge in [0.1, 0.15) is 17.1 Å². The molecule has 0 unspecified atom stereocenters. The summed E-state index contributed by atoms with van der Waals surface area (Å²) in [5.74, 6) is -0.851. The Hall–Kier alpha value is -1.97. The first kappa shape index (κ1) is 10.5. The number of amides is 1. The summed E-state index contributed by atoms with van der Waals surface area (Å²) in [5, 5.41) is 21.8. The summed E-state index contributed by atoms with van der Waals surface area (Å²) in [6.07, 6.45) is 5.57. The molecule has 84 valence electrons. The second kappa shape index (κ2) is 4.26. The molecule has 1 aliphatic carbocycles. The third-order valence-electron chi connectivity index (χ3n) is 2.59. The zero-order chi connectivity index (χ0) is 11.5. The molecule has 1 aromatic rings. The van der Waals surface area contributed by atoms with Gasteiger partial charge in [0.05, 0.1) is 0 Å². The maximum Gasteiger partial charge on any atom is 0.259 e. The Kier molecular flexibility index (Phi) is 2.81. The molecule has 0 atom stereocenters. The largest absolute Gasteiger partial charge is 0.507 e. The Morgan fingerprint density at radius 1 is 1.19 bits per heavy atom. The molecular formula is C12H13NO3. The van der Waals surface area contributed by atoms with Gasteiger partial charge >= 0.3 is 0 Å². The van der Waals surface area contributed by atoms with Gasteiger partial charge in [-0.15, -0.1) is 0 Å². The van der Waals surface area contributed by atoms with Crippen molar-refractivity contribution in [1.82, 2.24) is 5.32 Å². The third kappa shape index (κ3) is 2.00. The summed E-state index contributed by atoms with van der Waals surface area (Å²) in [7, 11) is 0. The van der Waals surface area contributed by atoms with Crippen molar-refractivity contribution >= 4 is 5.91 Å². The number of hydrogen-bond donors (Lipinski definition) is 3. The Morgan fingerprint density at radius 3 is 2.31 bits per heavy atom. The fourth-order valence-electron chi connectivity index (χ4n) is 1.75. The highest BCUT2D eigenvalue weighted by Crippen LogP contribution is 2.26. The molecule has 4 nitrogen and oxygen atoms in total. The van der Waals surface area contributed by atoms with Crippen LogP contribution in [-0.2, 0) is 0 Å². The molecule has 1 aromatic carbocycles. The van der Waals surface area contributed by atoms with Gasteiger partial charge in [0.25, 0.3) is 5.91 Å². The fraction of sp³-hybridized carbons (Fsp3) is 0.250. The number of rotatable bonds is 2. The van der Waals surface area contributed by atoms with Crippen LogP contribution >= 0.6 is 0 Å². The molecule has 0 aromatic heterocycles. The number of carbonyl (C=O) groups excluding carboxylic acids is 1. The van der Waals surface area contributed by atoms with Crippen LogP contribution in [0.1, 0.15) is 23.2 Å². The maximum atomic E-state index is 11.8. The summed E-state index contributed by atoms with van der Waals surface area (Å²) < 4.78 is 0. The molecule has 0 saturated carbocycles. The van der Waals surface area contributed by atoms with Gasteiger partial charge in [-0.25, -0.2) is 0 Å². The van der Waals surface area contributed by atoms with E-state index in [0.717, 1.165) is 12.8 Å². The summed E-state index contributed by atoms with van der Waals surface area (Å²) >= 11 is 0. The molecular weight excluding hydrogens is 206 g/mol. The number of hydrogen-bond acceptors (Lipinski definition) is 3. The SMILES string of the molecule is O=C(NC1CC=CC1)c1c(O)cccc1O. The number of aromatic hydroxyl groups is 2. The molecule has 0 heterocycles. The minimum absolute atomic E-state index is 0.0607. The number of phenolic OH excluding ortho intramolecular Hbond substituents is 2. The van der Waals surface area contributed by atoms with Crippen LogP contribution in [0.5, 0.6) is 11.5 Å². The normalized spacial score (nSPS) is 15.2. The van der Waals surface area contributed by atoms with Crippen molar-refractivity contribution in [2.75, 3.05) is 0 Å². The fourth-order valence-corrected chi connectivity index (χ4v) is 1.75. The third-order valence-corrected chi connectivity index (χ3v) is 2.59. The summed E-state index contributed by atoms with van der Waals surface area (Å²) in [6.45, 7) is 0. The quantitative estimate of drug-likeness (QED) is 0.661. The Labute approximate surface area is 93.2 Å². The molecule has 3 N–H and O–H groups in total. The maximum absolute atomic E-state index is 11.8. The summed E-state index contributed by atoms with van der Waals surface area (Å²) in [5.41, 5.74) is -0.0607. The van der Waals surface area contributed by atoms with Gasteiger partial charge in [0.15, 0.2) is 0 Å². The lowest BCUT2D eigenvalue weighted by Gasteiger charge is -2.13. The summed E-state index contributed by atoms with van der Waals surface area (Å²) in [4.78, 5) is 11.8. The topological polar surface area (TPSA) is 69.6 Å². The lowest BCUT2D eigenvalue weighted by Crippen LogP contribution is -2.32. The molecule has 0 spiro atoms. The van der Waals surface area contributed by atoms with Crippen molar-refractivity contribution in [3.05, 3.63) is 35.9 Å². The lowest BCUT2D eigenvalue weighted by atomic mass is 10.1. The highest BCUT2D eigenvalue weighted by Gasteiger charge is 2.19. The molecule has 4 heteroatoms. The second-order valence-electron chi connectivity index (χ2n) is 3.78. The van der Waals surface area contributed by atoms with Crippen molar-refractivity contribution < 1.29 is 15.0 Å². The van der Waals surface area contributed by atoms with Gasteiger partial charge < -0.3 is 15.5 Å². The van der Waals surface area contributed by atoms with E-state index in [-0.39, 0.29) is 23.1 Å². The van der Waals surface area contributed by atoms with Gasteiger partial charge in [0.2, 0.25) is 0 Å². The molecule has 16 heavy (non-hydrogen) atoms. The number of nitrogens with one attached hydrogen (secondary N) is 1. The van der Waals surface area contributed by atoms with E-state index in [1.807, 2.05) is 12.2 Å². The minimum Gasteiger partial charge on any atom is -0.507 e. The molecule has 1 amide bonds. The van der Waals surface area contributed by atoms with E-state index in [1.165, 1.54) is 18.2 Å². The predicted octanol–water partition coefficient (Wildman–Crippen LogP) is 1.55. The predicted molar refractivity (Wildman–Crippen MR) is 59.4 cm³/mol. The van der Waals surface area contributed by atoms with E-state index in [1.54, 1.807) is 0 Å². The first-order chi connectivity index (χ1) is 7.68. The first-order valence-electron chi connectivity index (χ1n) is 5.15. The number of carbonyl (C=O) groups is 1. The van der Waals surface area contributed by atoms with Crippen LogP contribution in [0, 0.1) is 0 Å². The smallest absolute Gasteiger partial charge is 0.259 e.